The molecule has 1 atom stereocenters. The van der Waals surface area contributed by atoms with Gasteiger partial charge in [-0.2, -0.15) is 5.10 Å². The van der Waals surface area contributed by atoms with Crippen molar-refractivity contribution in [2.24, 2.45) is 7.05 Å². The van der Waals surface area contributed by atoms with E-state index >= 15 is 8.78 Å². The van der Waals surface area contributed by atoms with Crippen molar-refractivity contribution >= 4 is 38.4 Å². The van der Waals surface area contributed by atoms with Crippen molar-refractivity contribution in [1.82, 2.24) is 29.2 Å². The van der Waals surface area contributed by atoms with Crippen molar-refractivity contribution in [1.29, 1.82) is 0 Å². The molecule has 4 aromatic heterocycles. The van der Waals surface area contributed by atoms with Crippen LogP contribution in [0.3, 0.4) is 0 Å². The molecule has 1 aliphatic heterocycles. The topological polar surface area (TPSA) is 108 Å². The second-order valence-corrected chi connectivity index (χ2v) is 12.5. The van der Waals surface area contributed by atoms with Crippen molar-refractivity contribution in [2.45, 2.75) is 26.1 Å². The molecule has 6 aromatic rings. The molecule has 7 rings (SSSR count). The van der Waals surface area contributed by atoms with E-state index in [4.69, 9.17) is 19.6 Å². The van der Waals surface area contributed by atoms with Crippen LogP contribution in [0.1, 0.15) is 24.5 Å². The number of aliphatic hydroxyl groups excluding tert-OH is 1. The fourth-order valence-electron chi connectivity index (χ4n) is 6.42. The van der Waals surface area contributed by atoms with Gasteiger partial charge in [0, 0.05) is 54.7 Å². The van der Waals surface area contributed by atoms with Crippen molar-refractivity contribution < 1.29 is 32.5 Å². The Hall–Kier alpha value is -5.05. The third-order valence-electron chi connectivity index (χ3n) is 8.83. The Morgan fingerprint density at radius 1 is 1.08 bits per heavy atom. The first kappa shape index (κ1) is 32.5. The van der Waals surface area contributed by atoms with Gasteiger partial charge in [0.1, 0.15) is 53.6 Å². The van der Waals surface area contributed by atoms with E-state index in [2.05, 4.69) is 11.6 Å². The Balaban J connectivity index is 1.53. The zero-order chi connectivity index (χ0) is 34.6. The first-order valence-corrected chi connectivity index (χ1v) is 16.3. The number of nitrogens with zero attached hydrogens (tertiary/aromatic N) is 6. The van der Waals surface area contributed by atoms with Gasteiger partial charge in [0.25, 0.3) is 0 Å². The fraction of sp³-hybridized carbons (Fsp3) is 0.257. The molecule has 1 aliphatic rings. The number of aromatic nitrogens is 5. The third-order valence-corrected chi connectivity index (χ3v) is 9.79. The van der Waals surface area contributed by atoms with Crippen molar-refractivity contribution in [2.75, 3.05) is 26.9 Å². The molecule has 5 heterocycles. The lowest BCUT2D eigenvalue weighted by Gasteiger charge is -2.33. The minimum Gasteiger partial charge on any atom is -0.490 e. The number of amides is 1. The summed E-state index contributed by atoms with van der Waals surface area (Å²) in [6.07, 6.45) is 1.26. The number of rotatable bonds is 9. The van der Waals surface area contributed by atoms with Gasteiger partial charge < -0.3 is 24.0 Å². The van der Waals surface area contributed by atoms with Crippen molar-refractivity contribution in [3.63, 3.8) is 0 Å². The summed E-state index contributed by atoms with van der Waals surface area (Å²) in [5.74, 6) is -2.38. The van der Waals surface area contributed by atoms with Gasteiger partial charge in [-0.3, -0.25) is 9.48 Å². The van der Waals surface area contributed by atoms with E-state index in [1.807, 2.05) is 19.1 Å². The fourth-order valence-corrected chi connectivity index (χ4v) is 7.35. The van der Waals surface area contributed by atoms with Gasteiger partial charge in [-0.15, -0.1) is 11.3 Å². The van der Waals surface area contributed by atoms with Gasteiger partial charge >= 0.3 is 0 Å². The number of pyridine rings is 1. The molecule has 0 fully saturated rings. The first-order valence-electron chi connectivity index (χ1n) is 15.4. The summed E-state index contributed by atoms with van der Waals surface area (Å²) < 4.78 is 61.8. The maximum absolute atomic E-state index is 16.2. The zero-order valence-electron chi connectivity index (χ0n) is 26.8. The number of carbonyl (C=O) groups is 1. The average molecular weight is 689 g/mol. The highest BCUT2D eigenvalue weighted by molar-refractivity contribution is 7.17. The van der Waals surface area contributed by atoms with Crippen LogP contribution in [0.15, 0.2) is 54.4 Å². The highest BCUT2D eigenvalue weighted by Crippen LogP contribution is 2.48. The number of aryl methyl sites for hydroxylation is 1. The van der Waals surface area contributed by atoms with Gasteiger partial charge in [0.2, 0.25) is 5.91 Å². The highest BCUT2D eigenvalue weighted by Gasteiger charge is 2.32. The zero-order valence-corrected chi connectivity index (χ0v) is 27.7. The van der Waals surface area contributed by atoms with Crippen LogP contribution in [0, 0.1) is 17.5 Å². The van der Waals surface area contributed by atoms with Crippen LogP contribution in [0.5, 0.6) is 5.75 Å². The SMILES string of the molecule is C=CC(=O)N1CCn2nc(-c3nc(-c4ccc5c(c4)nc(CO)n5C)c4scc(F)c4c3-c3c(F)cc(F)cc3OCCOC)cc2[C@H]1C. The number of aliphatic hydroxyl groups is 1. The van der Waals surface area contributed by atoms with E-state index in [0.717, 1.165) is 29.0 Å². The Kier molecular flexibility index (Phi) is 8.47. The number of carbonyl (C=O) groups excluding carboxylic acids is 1. The summed E-state index contributed by atoms with van der Waals surface area (Å²) in [6.45, 7) is 6.10. The first-order chi connectivity index (χ1) is 23.6. The molecule has 49 heavy (non-hydrogen) atoms. The molecular weight excluding hydrogens is 657 g/mol. The van der Waals surface area contributed by atoms with Crippen LogP contribution in [-0.2, 0) is 29.7 Å². The van der Waals surface area contributed by atoms with Crippen molar-refractivity contribution in [3.05, 3.63) is 83.4 Å². The lowest BCUT2D eigenvalue weighted by atomic mass is 9.94. The average Bonchev–Trinajstić information content (AvgIpc) is 3.79. The molecule has 2 aromatic carbocycles. The predicted molar refractivity (Wildman–Crippen MR) is 179 cm³/mol. The van der Waals surface area contributed by atoms with E-state index in [0.29, 0.717) is 51.8 Å². The van der Waals surface area contributed by atoms with E-state index < -0.39 is 17.5 Å². The van der Waals surface area contributed by atoms with E-state index in [1.165, 1.54) is 18.6 Å². The number of benzene rings is 2. The smallest absolute Gasteiger partial charge is 0.246 e. The molecule has 14 heteroatoms. The summed E-state index contributed by atoms with van der Waals surface area (Å²) in [4.78, 5) is 23.9. The van der Waals surface area contributed by atoms with Crippen LogP contribution in [0.4, 0.5) is 13.2 Å². The lowest BCUT2D eigenvalue weighted by molar-refractivity contribution is -0.129. The van der Waals surface area contributed by atoms with Gasteiger partial charge in [0.05, 0.1) is 51.9 Å². The number of hydrogen-bond acceptors (Lipinski definition) is 8. The van der Waals surface area contributed by atoms with Crippen molar-refractivity contribution in [3.8, 4) is 39.5 Å². The number of hydrogen-bond donors (Lipinski definition) is 1. The summed E-state index contributed by atoms with van der Waals surface area (Å²) in [5, 5.41) is 16.0. The van der Waals surface area contributed by atoms with E-state index in [-0.39, 0.29) is 59.7 Å². The second-order valence-electron chi connectivity index (χ2n) is 11.6. The summed E-state index contributed by atoms with van der Waals surface area (Å²) in [6, 6.07) is 8.60. The number of methoxy groups -OCH3 is 1. The molecule has 0 spiro atoms. The van der Waals surface area contributed by atoms with E-state index in [9.17, 15) is 14.3 Å². The van der Waals surface area contributed by atoms with Crippen LogP contribution >= 0.6 is 11.3 Å². The largest absolute Gasteiger partial charge is 0.490 e. The summed E-state index contributed by atoms with van der Waals surface area (Å²) >= 11 is 1.10. The minimum absolute atomic E-state index is 0.0219. The van der Waals surface area contributed by atoms with E-state index in [1.54, 1.807) is 33.3 Å². The van der Waals surface area contributed by atoms with Crippen LogP contribution in [-0.4, -0.2) is 67.1 Å². The lowest BCUT2D eigenvalue weighted by Crippen LogP contribution is -2.40. The summed E-state index contributed by atoms with van der Waals surface area (Å²) in [5.41, 5.74) is 3.37. The summed E-state index contributed by atoms with van der Waals surface area (Å²) in [7, 11) is 3.27. The molecule has 1 N–H and O–H groups in total. The van der Waals surface area contributed by atoms with Crippen LogP contribution < -0.4 is 4.74 Å². The molecule has 0 saturated carbocycles. The Bertz CT molecular complexity index is 2280. The predicted octanol–water partition coefficient (Wildman–Crippen LogP) is 6.40. The number of halogens is 3. The van der Waals surface area contributed by atoms with Gasteiger partial charge in [-0.1, -0.05) is 12.6 Å². The Labute approximate surface area is 282 Å². The molecule has 1 amide bonds. The molecule has 10 nitrogen and oxygen atoms in total. The molecule has 0 unspecified atom stereocenters. The molecule has 0 saturated heterocycles. The normalized spacial score (nSPS) is 14.5. The maximum atomic E-state index is 16.2. The maximum Gasteiger partial charge on any atom is 0.246 e. The molecule has 0 aliphatic carbocycles. The van der Waals surface area contributed by atoms with Crippen LogP contribution in [0.2, 0.25) is 0 Å². The third kappa shape index (κ3) is 5.45. The Morgan fingerprint density at radius 2 is 1.90 bits per heavy atom. The number of fused-ring (bicyclic) bond motifs is 3. The highest BCUT2D eigenvalue weighted by atomic mass is 32.1. The van der Waals surface area contributed by atoms with Gasteiger partial charge in [-0.25, -0.2) is 23.1 Å². The Morgan fingerprint density at radius 3 is 2.65 bits per heavy atom. The molecular formula is C35H31F3N6O4S. The number of ether oxygens (including phenoxy) is 2. The quantitative estimate of drug-likeness (QED) is 0.138. The minimum atomic E-state index is -0.971. The second kappa shape index (κ2) is 12.8. The van der Waals surface area contributed by atoms with Gasteiger partial charge in [-0.05, 0) is 31.2 Å². The monoisotopic (exact) mass is 688 g/mol. The molecule has 252 valence electrons. The molecule has 0 bridgehead atoms. The van der Waals surface area contributed by atoms with Gasteiger partial charge in [0.15, 0.2) is 0 Å². The standard InChI is InChI=1S/C35H31F3N6O4S/c1-5-29(46)43-8-9-44-26(18(43)2)15-24(41-44)34-32(30-21(37)13-20(36)14-27(30)48-11-10-47-4)31-22(38)17-49-35(31)33(40-34)19-6-7-25-23(12-19)39-28(16-45)42(25)3/h5-7,12-15,17-18,45H,1,8-11,16H2,2-4H3/t18-/m1/s1. The number of thiophene rings is 1. The van der Waals surface area contributed by atoms with Crippen LogP contribution in [0.25, 0.3) is 54.9 Å². The molecule has 0 radical (unpaired) electrons. The number of imidazole rings is 1.